The fraction of sp³-hybridized carbons (Fsp3) is 0.550. The van der Waals surface area contributed by atoms with Gasteiger partial charge >= 0.3 is 5.24 Å². The van der Waals surface area contributed by atoms with Crippen molar-refractivity contribution in [2.45, 2.75) is 63.7 Å². The van der Waals surface area contributed by atoms with E-state index in [1.165, 1.54) is 5.54 Å². The first kappa shape index (κ1) is 21.5. The lowest BCUT2D eigenvalue weighted by atomic mass is 10.0. The Bertz CT molecular complexity index is 708. The van der Waals surface area contributed by atoms with Crippen molar-refractivity contribution in [2.24, 2.45) is 0 Å². The Labute approximate surface area is 175 Å². The van der Waals surface area contributed by atoms with E-state index in [4.69, 9.17) is 52.2 Å². The van der Waals surface area contributed by atoms with E-state index in [2.05, 4.69) is 0 Å². The number of ether oxygens (including phenoxy) is 6. The van der Waals surface area contributed by atoms with Crippen LogP contribution in [-0.4, -0.2) is 47.8 Å². The van der Waals surface area contributed by atoms with Crippen LogP contribution in [-0.2, 0) is 23.7 Å². The minimum Gasteiger partial charge on any atom is -0.448 e. The third-order valence-electron chi connectivity index (χ3n) is 4.32. The Morgan fingerprint density at radius 2 is 1.75 bits per heavy atom. The molecule has 0 bridgehead atoms. The summed E-state index contributed by atoms with van der Waals surface area (Å²) in [6, 6.07) is 9.18. The lowest BCUT2D eigenvalue weighted by molar-refractivity contribution is -0.320. The summed E-state index contributed by atoms with van der Waals surface area (Å²) in [5, 5.41) is -0.0179. The van der Waals surface area contributed by atoms with E-state index >= 15 is 0 Å². The molecule has 2 saturated heterocycles. The van der Waals surface area contributed by atoms with Crippen LogP contribution in [0.3, 0.4) is 0 Å². The minimum absolute atomic E-state index is 0.0179. The normalized spacial score (nSPS) is 31.6. The summed E-state index contributed by atoms with van der Waals surface area (Å²) >= 11 is 11.1. The molecule has 8 heteroatoms. The van der Waals surface area contributed by atoms with Crippen molar-refractivity contribution < 1.29 is 28.4 Å². The van der Waals surface area contributed by atoms with Gasteiger partial charge in [0.2, 0.25) is 0 Å². The average molecular weight is 429 g/mol. The number of benzene rings is 1. The van der Waals surface area contributed by atoms with E-state index in [0.717, 1.165) is 0 Å². The highest BCUT2D eigenvalue weighted by Gasteiger charge is 2.51. The van der Waals surface area contributed by atoms with E-state index in [1.807, 2.05) is 45.9 Å². The molecular weight excluding hydrogens is 404 g/mol. The predicted octanol–water partition coefficient (Wildman–Crippen LogP) is 4.16. The van der Waals surface area contributed by atoms with Gasteiger partial charge in [0.05, 0.1) is 6.61 Å². The van der Waals surface area contributed by atoms with Gasteiger partial charge in [0, 0.05) is 17.8 Å². The third kappa shape index (κ3) is 5.43. The maximum Gasteiger partial charge on any atom is 0.358 e. The molecule has 0 N–H and O–H groups in total. The molecule has 2 fully saturated rings. The zero-order valence-electron chi connectivity index (χ0n) is 16.3. The second-order valence-corrected chi connectivity index (χ2v) is 8.08. The number of hydrogen-bond donors (Lipinski definition) is 0. The lowest BCUT2D eigenvalue weighted by Gasteiger charge is -2.43. The zero-order valence-corrected chi connectivity index (χ0v) is 17.9. The van der Waals surface area contributed by atoms with Gasteiger partial charge in [0.1, 0.15) is 24.1 Å². The molecule has 1 aromatic carbocycles. The van der Waals surface area contributed by atoms with Gasteiger partial charge in [-0.15, -0.1) is 0 Å². The number of para-hydroxylation sites is 1. The van der Waals surface area contributed by atoms with Crippen LogP contribution in [0, 0.1) is 0 Å². The van der Waals surface area contributed by atoms with Gasteiger partial charge in [-0.2, -0.15) is 0 Å². The van der Waals surface area contributed by atoms with Gasteiger partial charge in [-0.3, -0.25) is 0 Å². The molecule has 2 heterocycles. The number of rotatable bonds is 4. The highest BCUT2D eigenvalue weighted by Crippen LogP contribution is 2.37. The van der Waals surface area contributed by atoms with Crippen LogP contribution >= 0.6 is 23.8 Å². The summed E-state index contributed by atoms with van der Waals surface area (Å²) in [7, 11) is 0. The molecule has 2 aliphatic heterocycles. The standard InChI is InChI=1S/C20H25ClO6S/c1-19(2)22-12-15(24-18(28)23-13-8-6-5-7-9-13)17(26-19)16-14(10-11-21)25-20(3,4)27-16/h5-11,14-17H,12H2,1-4H3/b11-10-/t14-,15+,16-,17?/m0/s1. The van der Waals surface area contributed by atoms with Crippen LogP contribution in [0.5, 0.6) is 5.75 Å². The van der Waals surface area contributed by atoms with Gasteiger partial charge in [0.15, 0.2) is 17.7 Å². The van der Waals surface area contributed by atoms with E-state index in [-0.39, 0.29) is 11.8 Å². The molecule has 2 aliphatic rings. The van der Waals surface area contributed by atoms with Crippen molar-refractivity contribution in [1.29, 1.82) is 0 Å². The lowest BCUT2D eigenvalue weighted by Crippen LogP contribution is -2.57. The molecule has 0 saturated carbocycles. The summed E-state index contributed by atoms with van der Waals surface area (Å²) < 4.78 is 35.4. The second kappa shape index (κ2) is 8.65. The Balaban J connectivity index is 1.76. The van der Waals surface area contributed by atoms with Crippen LogP contribution in [0.4, 0.5) is 0 Å². The summed E-state index contributed by atoms with van der Waals surface area (Å²) in [5.41, 5.74) is 1.41. The van der Waals surface area contributed by atoms with Gasteiger partial charge < -0.3 is 28.4 Å². The number of hydrogen-bond acceptors (Lipinski definition) is 7. The Kier molecular flexibility index (Phi) is 6.64. The van der Waals surface area contributed by atoms with Crippen LogP contribution in [0.15, 0.2) is 41.9 Å². The minimum atomic E-state index is -0.808. The molecule has 0 amide bonds. The van der Waals surface area contributed by atoms with Crippen LogP contribution < -0.4 is 4.74 Å². The number of thiocarbonyl (C=S) groups is 1. The van der Waals surface area contributed by atoms with Crippen LogP contribution in [0.25, 0.3) is 0 Å². The van der Waals surface area contributed by atoms with Crippen LogP contribution in [0.1, 0.15) is 27.7 Å². The van der Waals surface area contributed by atoms with Gasteiger partial charge in [0.25, 0.3) is 0 Å². The summed E-state index contributed by atoms with van der Waals surface area (Å²) in [6.45, 7) is 7.61. The van der Waals surface area contributed by atoms with Crippen LogP contribution in [0.2, 0.25) is 0 Å². The van der Waals surface area contributed by atoms with Crippen molar-refractivity contribution >= 4 is 29.1 Å². The molecule has 0 spiro atoms. The zero-order chi connectivity index (χ0) is 20.4. The van der Waals surface area contributed by atoms with E-state index in [0.29, 0.717) is 5.75 Å². The summed E-state index contributed by atoms with van der Waals surface area (Å²) in [5.74, 6) is -1.01. The monoisotopic (exact) mass is 428 g/mol. The fourth-order valence-corrected chi connectivity index (χ4v) is 3.58. The molecule has 1 aromatic rings. The highest BCUT2D eigenvalue weighted by atomic mass is 35.5. The number of halogens is 1. The summed E-state index contributed by atoms with van der Waals surface area (Å²) in [4.78, 5) is 0. The average Bonchev–Trinajstić information content (AvgIpc) is 2.92. The molecule has 0 radical (unpaired) electrons. The smallest absolute Gasteiger partial charge is 0.358 e. The second-order valence-electron chi connectivity index (χ2n) is 7.50. The van der Waals surface area contributed by atoms with Gasteiger partial charge in [-0.1, -0.05) is 29.8 Å². The molecule has 154 valence electrons. The Morgan fingerprint density at radius 3 is 2.43 bits per heavy atom. The van der Waals surface area contributed by atoms with Crippen molar-refractivity contribution in [3.63, 3.8) is 0 Å². The maximum absolute atomic E-state index is 6.15. The molecule has 1 unspecified atom stereocenters. The van der Waals surface area contributed by atoms with Crippen molar-refractivity contribution in [2.75, 3.05) is 6.61 Å². The molecular formula is C20H25ClO6S. The van der Waals surface area contributed by atoms with Crippen molar-refractivity contribution in [1.82, 2.24) is 0 Å². The molecule has 3 rings (SSSR count). The van der Waals surface area contributed by atoms with E-state index < -0.39 is 36.0 Å². The Morgan fingerprint density at radius 1 is 1.07 bits per heavy atom. The van der Waals surface area contributed by atoms with E-state index in [9.17, 15) is 0 Å². The quantitative estimate of drug-likeness (QED) is 0.667. The van der Waals surface area contributed by atoms with Crippen molar-refractivity contribution in [3.05, 3.63) is 41.9 Å². The highest BCUT2D eigenvalue weighted by molar-refractivity contribution is 7.79. The molecule has 0 aromatic heterocycles. The van der Waals surface area contributed by atoms with Crippen molar-refractivity contribution in [3.8, 4) is 5.75 Å². The molecule has 4 atom stereocenters. The summed E-state index contributed by atoms with van der Waals surface area (Å²) in [6.07, 6.45) is -0.194. The first-order valence-corrected chi connectivity index (χ1v) is 9.91. The van der Waals surface area contributed by atoms with Gasteiger partial charge in [-0.25, -0.2) is 0 Å². The SMILES string of the molecule is CC1(C)OC[C@@H](OC(=S)Oc2ccccc2)C([C@H]2OC(C)(C)O[C@H]2/C=C\Cl)O1. The van der Waals surface area contributed by atoms with E-state index in [1.54, 1.807) is 18.2 Å². The van der Waals surface area contributed by atoms with Gasteiger partial charge in [-0.05, 0) is 45.9 Å². The first-order valence-electron chi connectivity index (χ1n) is 9.07. The first-order chi connectivity index (χ1) is 13.2. The fourth-order valence-electron chi connectivity index (χ4n) is 3.22. The Hall–Kier alpha value is -1.22. The third-order valence-corrected chi connectivity index (χ3v) is 4.65. The largest absolute Gasteiger partial charge is 0.448 e. The predicted molar refractivity (Wildman–Crippen MR) is 108 cm³/mol. The topological polar surface area (TPSA) is 55.4 Å². The maximum atomic E-state index is 6.15. The molecule has 28 heavy (non-hydrogen) atoms. The molecule has 6 nitrogen and oxygen atoms in total. The molecule has 0 aliphatic carbocycles.